The smallest absolute Gasteiger partial charge is 0.349 e. The molecule has 0 fully saturated rings. The van der Waals surface area contributed by atoms with Crippen LogP contribution in [0, 0.1) is 0 Å². The summed E-state index contributed by atoms with van der Waals surface area (Å²) in [5.74, 6) is -0.444. The molecule has 21 heavy (non-hydrogen) atoms. The Bertz CT molecular complexity index is 602. The molecule has 1 aromatic heterocycles. The maximum absolute atomic E-state index is 11.3. The number of thioether (sulfide) groups is 1. The lowest BCUT2D eigenvalue weighted by Crippen LogP contribution is -2.00. The summed E-state index contributed by atoms with van der Waals surface area (Å²) in [6, 6.07) is 9.94. The van der Waals surface area contributed by atoms with Crippen LogP contribution in [0.1, 0.15) is 33.5 Å². The average Bonchev–Trinajstić information content (AvgIpc) is 2.89. The van der Waals surface area contributed by atoms with Gasteiger partial charge >= 0.3 is 5.97 Å². The zero-order chi connectivity index (χ0) is 15.2. The minimum absolute atomic E-state index is 0.291. The summed E-state index contributed by atoms with van der Waals surface area (Å²) in [5, 5.41) is 9.24. The molecule has 1 heterocycles. The quantitative estimate of drug-likeness (QED) is 0.751. The van der Waals surface area contributed by atoms with Crippen molar-refractivity contribution in [1.29, 1.82) is 0 Å². The van der Waals surface area contributed by atoms with Gasteiger partial charge in [-0.3, -0.25) is 0 Å². The lowest BCUT2D eigenvalue weighted by Gasteiger charge is -2.06. The van der Waals surface area contributed by atoms with Crippen LogP contribution >= 0.6 is 23.1 Å². The number of aryl methyl sites for hydroxylation is 1. The molecule has 0 spiro atoms. The van der Waals surface area contributed by atoms with Gasteiger partial charge in [-0.2, -0.15) is 0 Å². The molecule has 2 rings (SSSR count). The highest BCUT2D eigenvalue weighted by Gasteiger charge is 2.16. The zero-order valence-corrected chi connectivity index (χ0v) is 13.7. The van der Waals surface area contributed by atoms with Gasteiger partial charge in [0.1, 0.15) is 12.4 Å². The van der Waals surface area contributed by atoms with Gasteiger partial charge < -0.3 is 9.84 Å². The third kappa shape index (κ3) is 4.25. The normalized spacial score (nSPS) is 10.6. The molecule has 0 aliphatic carbocycles. The van der Waals surface area contributed by atoms with Crippen LogP contribution in [0.4, 0.5) is 0 Å². The second-order valence-electron chi connectivity index (χ2n) is 4.60. The third-order valence-electron chi connectivity index (χ3n) is 2.99. The molecule has 0 unspecified atom stereocenters. The first-order valence-corrected chi connectivity index (χ1v) is 8.80. The molecule has 3 nitrogen and oxygen atoms in total. The highest BCUT2D eigenvalue weighted by atomic mass is 32.2. The lowest BCUT2D eigenvalue weighted by molar-refractivity contribution is 0.0697. The number of carboxylic acid groups (broad SMARTS) is 1. The van der Waals surface area contributed by atoms with Crippen molar-refractivity contribution in [1.82, 2.24) is 0 Å². The van der Waals surface area contributed by atoms with Crippen LogP contribution in [0.25, 0.3) is 0 Å². The number of hydrogen-bond donors (Lipinski definition) is 1. The predicted molar refractivity (Wildman–Crippen MR) is 87.8 cm³/mol. The number of ether oxygens (including phenoxy) is 1. The van der Waals surface area contributed by atoms with Crippen LogP contribution in [-0.2, 0) is 13.0 Å². The van der Waals surface area contributed by atoms with E-state index in [0.29, 0.717) is 17.2 Å². The SMILES string of the molecule is CCCc1cc(OCc2ccc(SC)cc2)c(C(=O)O)s1. The van der Waals surface area contributed by atoms with Crippen molar-refractivity contribution in [2.45, 2.75) is 31.3 Å². The maximum Gasteiger partial charge on any atom is 0.349 e. The molecule has 5 heteroatoms. The maximum atomic E-state index is 11.3. The second-order valence-corrected chi connectivity index (χ2v) is 6.61. The summed E-state index contributed by atoms with van der Waals surface area (Å²) in [6.45, 7) is 2.46. The first kappa shape index (κ1) is 15.9. The summed E-state index contributed by atoms with van der Waals surface area (Å²) < 4.78 is 5.71. The summed E-state index contributed by atoms with van der Waals surface area (Å²) in [6.07, 6.45) is 3.91. The Hall–Kier alpha value is -1.46. The number of carboxylic acids is 1. The molecule has 0 atom stereocenters. The van der Waals surface area contributed by atoms with E-state index in [-0.39, 0.29) is 0 Å². The van der Waals surface area contributed by atoms with Crippen molar-refractivity contribution in [3.05, 3.63) is 45.6 Å². The average molecular weight is 322 g/mol. The van der Waals surface area contributed by atoms with Gasteiger partial charge in [0.2, 0.25) is 0 Å². The lowest BCUT2D eigenvalue weighted by atomic mass is 10.2. The van der Waals surface area contributed by atoms with Crippen molar-refractivity contribution < 1.29 is 14.6 Å². The molecule has 0 bridgehead atoms. The van der Waals surface area contributed by atoms with Gasteiger partial charge in [-0.05, 0) is 36.4 Å². The van der Waals surface area contributed by atoms with Crippen molar-refractivity contribution >= 4 is 29.1 Å². The molecule has 1 N–H and O–H groups in total. The number of benzene rings is 1. The number of rotatable bonds is 7. The largest absolute Gasteiger partial charge is 0.487 e. The standard InChI is InChI=1S/C16H18O3S2/c1-3-4-13-9-14(15(21-13)16(17)18)19-10-11-5-7-12(20-2)8-6-11/h5-9H,3-4,10H2,1-2H3,(H,17,18). The Labute approximate surface area is 133 Å². The fraction of sp³-hybridized carbons (Fsp3) is 0.312. The van der Waals surface area contributed by atoms with Crippen molar-refractivity contribution in [3.8, 4) is 5.75 Å². The molecule has 112 valence electrons. The molecule has 0 saturated carbocycles. The van der Waals surface area contributed by atoms with Gasteiger partial charge in [-0.25, -0.2) is 4.79 Å². The summed E-state index contributed by atoms with van der Waals surface area (Å²) >= 11 is 3.00. The van der Waals surface area contributed by atoms with Gasteiger partial charge in [-0.1, -0.05) is 25.5 Å². The van der Waals surface area contributed by atoms with Gasteiger partial charge in [0.05, 0.1) is 0 Å². The second kappa shape index (κ2) is 7.52. The summed E-state index contributed by atoms with van der Waals surface area (Å²) in [7, 11) is 0. The van der Waals surface area contributed by atoms with Crippen LogP contribution in [0.5, 0.6) is 5.75 Å². The first-order chi connectivity index (χ1) is 10.1. The van der Waals surface area contributed by atoms with Crippen LogP contribution in [-0.4, -0.2) is 17.3 Å². The Morgan fingerprint density at radius 2 is 2.05 bits per heavy atom. The number of hydrogen-bond acceptors (Lipinski definition) is 4. The van der Waals surface area contributed by atoms with Crippen LogP contribution < -0.4 is 4.74 Å². The minimum Gasteiger partial charge on any atom is -0.487 e. The van der Waals surface area contributed by atoms with Crippen LogP contribution in [0.15, 0.2) is 35.2 Å². The molecular weight excluding hydrogens is 304 g/mol. The van der Waals surface area contributed by atoms with E-state index in [0.717, 1.165) is 23.3 Å². The van der Waals surface area contributed by atoms with E-state index in [4.69, 9.17) is 4.74 Å². The summed E-state index contributed by atoms with van der Waals surface area (Å²) in [5.41, 5.74) is 1.03. The molecular formula is C16H18O3S2. The van der Waals surface area contributed by atoms with E-state index in [2.05, 4.69) is 6.92 Å². The Balaban J connectivity index is 2.08. The number of thiophene rings is 1. The molecule has 1 aromatic carbocycles. The summed E-state index contributed by atoms with van der Waals surface area (Å²) in [4.78, 5) is 13.8. The first-order valence-electron chi connectivity index (χ1n) is 6.75. The highest BCUT2D eigenvalue weighted by molar-refractivity contribution is 7.98. The van der Waals surface area contributed by atoms with Gasteiger partial charge in [-0.15, -0.1) is 23.1 Å². The van der Waals surface area contributed by atoms with Crippen molar-refractivity contribution in [3.63, 3.8) is 0 Å². The Kier molecular flexibility index (Phi) is 5.70. The van der Waals surface area contributed by atoms with Gasteiger partial charge in [0, 0.05) is 9.77 Å². The molecule has 0 saturated heterocycles. The topological polar surface area (TPSA) is 46.5 Å². The van der Waals surface area contributed by atoms with E-state index in [9.17, 15) is 9.90 Å². The third-order valence-corrected chi connectivity index (χ3v) is 4.90. The van der Waals surface area contributed by atoms with E-state index in [1.807, 2.05) is 36.6 Å². The van der Waals surface area contributed by atoms with E-state index < -0.39 is 5.97 Å². The Morgan fingerprint density at radius 3 is 2.62 bits per heavy atom. The highest BCUT2D eigenvalue weighted by Crippen LogP contribution is 2.31. The Morgan fingerprint density at radius 1 is 1.33 bits per heavy atom. The van der Waals surface area contributed by atoms with Crippen LogP contribution in [0.3, 0.4) is 0 Å². The van der Waals surface area contributed by atoms with Crippen LogP contribution in [0.2, 0.25) is 0 Å². The molecule has 2 aromatic rings. The van der Waals surface area contributed by atoms with Gasteiger partial charge in [0.25, 0.3) is 0 Å². The van der Waals surface area contributed by atoms with Gasteiger partial charge in [0.15, 0.2) is 4.88 Å². The van der Waals surface area contributed by atoms with Crippen molar-refractivity contribution in [2.75, 3.05) is 6.26 Å². The molecule has 0 radical (unpaired) electrons. The number of carbonyl (C=O) groups is 1. The minimum atomic E-state index is -0.921. The predicted octanol–water partition coefficient (Wildman–Crippen LogP) is 4.70. The van der Waals surface area contributed by atoms with E-state index >= 15 is 0 Å². The molecule has 0 amide bonds. The molecule has 0 aliphatic rings. The fourth-order valence-electron chi connectivity index (χ4n) is 1.93. The number of aromatic carboxylic acids is 1. The molecule has 0 aliphatic heterocycles. The van der Waals surface area contributed by atoms with E-state index in [1.54, 1.807) is 11.8 Å². The monoisotopic (exact) mass is 322 g/mol. The zero-order valence-electron chi connectivity index (χ0n) is 12.1. The van der Waals surface area contributed by atoms with E-state index in [1.165, 1.54) is 16.2 Å². The van der Waals surface area contributed by atoms with Crippen molar-refractivity contribution in [2.24, 2.45) is 0 Å². The fourth-order valence-corrected chi connectivity index (χ4v) is 3.38.